The Kier molecular flexibility index (Phi) is 9.87. The first-order valence-electron chi connectivity index (χ1n) is 11.6. The molecule has 1 amide bonds. The standard InChI is InChI=1S/C29H20Br2Cl4NO2P/c30-21-18-16-20(17-19-21)25(37)28(31,27(38)36-26(32)29(33,34)35)39(22-10-4-1-5-11-22,23-12-6-2-7-13-23)24-14-8-3-9-15-24/h1-19,26H/p+1/t26-,28-/m1/s1. The van der Waals surface area contributed by atoms with Crippen LogP contribution in [0.4, 0.5) is 0 Å². The highest BCUT2D eigenvalue weighted by Gasteiger charge is 2.70. The van der Waals surface area contributed by atoms with Gasteiger partial charge in [0.2, 0.25) is 9.58 Å². The van der Waals surface area contributed by atoms with Crippen molar-refractivity contribution >= 4 is 113 Å². The number of hydrogen-bond acceptors (Lipinski definition) is 2. The molecule has 0 spiro atoms. The molecule has 3 nitrogen and oxygen atoms in total. The van der Waals surface area contributed by atoms with Crippen LogP contribution in [0.25, 0.3) is 0 Å². The molecular formula is C29H21Br2Cl4NO2P+. The first-order chi connectivity index (χ1) is 18.5. The number of nitrogens with one attached hydrogen (secondary N) is 1. The fraction of sp³-hybridized carbons (Fsp3) is 0.103. The van der Waals surface area contributed by atoms with Gasteiger partial charge in [0.05, 0.1) is 0 Å². The Morgan fingerprint density at radius 2 is 1.08 bits per heavy atom. The van der Waals surface area contributed by atoms with Crippen LogP contribution in [0.3, 0.4) is 0 Å². The molecule has 0 heterocycles. The summed E-state index contributed by atoms with van der Waals surface area (Å²) in [5.41, 5.74) is -1.11. The smallest absolute Gasteiger partial charge is 0.285 e. The molecule has 0 radical (unpaired) electrons. The van der Waals surface area contributed by atoms with Crippen LogP contribution in [-0.2, 0) is 4.79 Å². The molecule has 2 atom stereocenters. The molecular weight excluding hydrogens is 727 g/mol. The van der Waals surface area contributed by atoms with Crippen LogP contribution in [-0.4, -0.2) is 25.0 Å². The average Bonchev–Trinajstić information content (AvgIpc) is 2.94. The number of halogens is 6. The number of benzene rings is 4. The fourth-order valence-corrected chi connectivity index (χ4v) is 11.8. The minimum Gasteiger partial charge on any atom is -0.331 e. The van der Waals surface area contributed by atoms with Gasteiger partial charge in [0.25, 0.3) is 9.97 Å². The summed E-state index contributed by atoms with van der Waals surface area (Å²) in [6.45, 7) is 0. The van der Waals surface area contributed by atoms with E-state index in [1.165, 1.54) is 0 Å². The summed E-state index contributed by atoms with van der Waals surface area (Å²) in [5, 5.41) is 4.99. The van der Waals surface area contributed by atoms with E-state index in [4.69, 9.17) is 46.4 Å². The van der Waals surface area contributed by atoms with E-state index >= 15 is 0 Å². The molecule has 4 aromatic rings. The average molecular weight is 748 g/mol. The quantitative estimate of drug-likeness (QED) is 0.0659. The van der Waals surface area contributed by atoms with Crippen LogP contribution < -0.4 is 21.2 Å². The van der Waals surface area contributed by atoms with E-state index in [9.17, 15) is 9.59 Å². The molecule has 0 aliphatic carbocycles. The Bertz CT molecular complexity index is 1340. The van der Waals surface area contributed by atoms with E-state index in [2.05, 4.69) is 37.2 Å². The largest absolute Gasteiger partial charge is 0.331 e. The molecule has 0 unspecified atom stereocenters. The van der Waals surface area contributed by atoms with Gasteiger partial charge in [0.1, 0.15) is 23.2 Å². The maximum atomic E-state index is 14.8. The Balaban J connectivity index is 2.14. The predicted molar refractivity (Wildman–Crippen MR) is 173 cm³/mol. The number of hydrogen-bond donors (Lipinski definition) is 1. The van der Waals surface area contributed by atoms with Gasteiger partial charge in [-0.25, -0.2) is 0 Å². The van der Waals surface area contributed by atoms with Gasteiger partial charge in [-0.15, -0.1) is 0 Å². The third-order valence-electron chi connectivity index (χ3n) is 6.15. The van der Waals surface area contributed by atoms with Crippen LogP contribution >= 0.6 is 85.5 Å². The number of alkyl halides is 5. The predicted octanol–water partition coefficient (Wildman–Crippen LogP) is 7.77. The monoisotopic (exact) mass is 744 g/mol. The highest BCUT2D eigenvalue weighted by atomic mass is 79.9. The number of ketones is 1. The van der Waals surface area contributed by atoms with Crippen molar-refractivity contribution in [3.8, 4) is 0 Å². The second-order valence-electron chi connectivity index (χ2n) is 8.51. The van der Waals surface area contributed by atoms with E-state index in [0.717, 1.165) is 20.4 Å². The highest BCUT2D eigenvalue weighted by molar-refractivity contribution is 9.12. The lowest BCUT2D eigenvalue weighted by Gasteiger charge is -2.39. The summed E-state index contributed by atoms with van der Waals surface area (Å²) in [4.78, 5) is 29.3. The topological polar surface area (TPSA) is 46.2 Å². The van der Waals surface area contributed by atoms with E-state index in [1.807, 2.05) is 91.0 Å². The van der Waals surface area contributed by atoms with Crippen LogP contribution in [0.1, 0.15) is 10.4 Å². The summed E-state index contributed by atoms with van der Waals surface area (Å²) in [6.07, 6.45) is 0. The van der Waals surface area contributed by atoms with Crippen LogP contribution in [0.2, 0.25) is 0 Å². The maximum Gasteiger partial charge on any atom is 0.285 e. The molecule has 4 rings (SSSR count). The first kappa shape index (κ1) is 30.5. The number of carbonyl (C=O) groups is 2. The summed E-state index contributed by atoms with van der Waals surface area (Å²) in [6, 6.07) is 35.4. The molecule has 0 saturated heterocycles. The van der Waals surface area contributed by atoms with Crippen molar-refractivity contribution in [2.75, 3.05) is 0 Å². The van der Waals surface area contributed by atoms with E-state index in [0.29, 0.717) is 5.56 Å². The van der Waals surface area contributed by atoms with Crippen molar-refractivity contribution in [1.82, 2.24) is 5.32 Å². The van der Waals surface area contributed by atoms with Crippen LogP contribution in [0, 0.1) is 0 Å². The minimum atomic E-state index is -3.22. The Hall–Kier alpha value is -1.43. The minimum absolute atomic E-state index is 0.317. The number of rotatable bonds is 8. The summed E-state index contributed by atoms with van der Waals surface area (Å²) >= 11 is 31.7. The number of carbonyl (C=O) groups excluding carboxylic acids is 2. The van der Waals surface area contributed by atoms with Crippen molar-refractivity contribution in [2.45, 2.75) is 13.4 Å². The molecule has 0 bridgehead atoms. The number of Topliss-reactive ketones (excluding diaryl/α,β-unsaturated/α-hetero) is 1. The normalized spacial score (nSPS) is 14.2. The lowest BCUT2D eigenvalue weighted by Crippen LogP contribution is -2.59. The Morgan fingerprint density at radius 3 is 1.44 bits per heavy atom. The first-order valence-corrected chi connectivity index (χ1v) is 16.5. The summed E-state index contributed by atoms with van der Waals surface area (Å²) in [5.74, 6) is -1.20. The third kappa shape index (κ3) is 5.97. The highest BCUT2D eigenvalue weighted by Crippen LogP contribution is 2.69. The van der Waals surface area contributed by atoms with Gasteiger partial charge in [-0.2, -0.15) is 0 Å². The molecule has 0 aliphatic heterocycles. The Labute approximate surface area is 264 Å². The lowest BCUT2D eigenvalue weighted by atomic mass is 10.1. The third-order valence-corrected chi connectivity index (χ3v) is 15.0. The maximum absolute atomic E-state index is 14.8. The molecule has 200 valence electrons. The molecule has 4 aromatic carbocycles. The van der Waals surface area contributed by atoms with Crippen molar-refractivity contribution in [1.29, 1.82) is 0 Å². The van der Waals surface area contributed by atoms with E-state index in [-0.39, 0.29) is 0 Å². The van der Waals surface area contributed by atoms with Gasteiger partial charge < -0.3 is 5.32 Å². The Morgan fingerprint density at radius 1 is 0.692 bits per heavy atom. The zero-order valence-corrected chi connectivity index (χ0v) is 27.2. The van der Waals surface area contributed by atoms with Crippen LogP contribution in [0.5, 0.6) is 0 Å². The van der Waals surface area contributed by atoms with Gasteiger partial charge in [0.15, 0.2) is 5.50 Å². The molecule has 0 aliphatic rings. The SMILES string of the molecule is O=C(N[C@@H](Cl)C(Cl)(Cl)Cl)[C@@](Br)(C(=O)c1ccc(Br)cc1)[P+](c1ccccc1)(c1ccccc1)c1ccccc1. The van der Waals surface area contributed by atoms with Crippen molar-refractivity contribution < 1.29 is 9.59 Å². The summed E-state index contributed by atoms with van der Waals surface area (Å²) < 4.78 is -3.14. The molecule has 10 heteroatoms. The summed E-state index contributed by atoms with van der Waals surface area (Å²) in [7, 11) is -3.22. The zero-order valence-electron chi connectivity index (χ0n) is 20.1. The lowest BCUT2D eigenvalue weighted by molar-refractivity contribution is -0.120. The van der Waals surface area contributed by atoms with Crippen molar-refractivity contribution in [2.24, 2.45) is 0 Å². The molecule has 0 aromatic heterocycles. The van der Waals surface area contributed by atoms with Gasteiger partial charge >= 0.3 is 0 Å². The van der Waals surface area contributed by atoms with Gasteiger partial charge in [0, 0.05) is 10.0 Å². The second-order valence-corrected chi connectivity index (χ2v) is 17.6. The van der Waals surface area contributed by atoms with Gasteiger partial charge in [-0.1, -0.05) is 129 Å². The van der Waals surface area contributed by atoms with Gasteiger partial charge in [-0.05, 0) is 64.5 Å². The zero-order chi connectivity index (χ0) is 28.3. The fourth-order valence-electron chi connectivity index (χ4n) is 4.43. The second kappa shape index (κ2) is 12.6. The molecule has 1 N–H and O–H groups in total. The molecule has 0 saturated carbocycles. The van der Waals surface area contributed by atoms with Crippen LogP contribution in [0.15, 0.2) is 120 Å². The van der Waals surface area contributed by atoms with E-state index in [1.54, 1.807) is 24.3 Å². The van der Waals surface area contributed by atoms with Crippen molar-refractivity contribution in [3.63, 3.8) is 0 Å². The molecule has 0 fully saturated rings. The van der Waals surface area contributed by atoms with Crippen molar-refractivity contribution in [3.05, 3.63) is 125 Å². The van der Waals surface area contributed by atoms with E-state index < -0.39 is 32.3 Å². The van der Waals surface area contributed by atoms with Gasteiger partial charge in [-0.3, -0.25) is 9.59 Å². The molecule has 39 heavy (non-hydrogen) atoms. The number of amides is 1.